The van der Waals surface area contributed by atoms with Crippen molar-refractivity contribution in [3.63, 3.8) is 0 Å². The maximum atomic E-state index is 13.2. The molecule has 6 nitrogen and oxygen atoms in total. The molecule has 4 rings (SSSR count). The first-order chi connectivity index (χ1) is 14.7. The molecule has 2 heterocycles. The van der Waals surface area contributed by atoms with E-state index in [-0.39, 0.29) is 24.4 Å². The van der Waals surface area contributed by atoms with Gasteiger partial charge in [0.2, 0.25) is 11.8 Å². The monoisotopic (exact) mass is 438 g/mol. The quantitative estimate of drug-likeness (QED) is 0.745. The molecule has 2 aliphatic rings. The van der Waals surface area contributed by atoms with Gasteiger partial charge in [0.1, 0.15) is 19.0 Å². The first-order valence-corrected chi connectivity index (χ1v) is 9.56. The number of alkyl halides is 3. The molecular weight excluding hydrogens is 420 g/mol. The number of fused-ring (bicyclic) bond motifs is 1. The summed E-state index contributed by atoms with van der Waals surface area (Å²) < 4.78 is 63.5. The summed E-state index contributed by atoms with van der Waals surface area (Å²) in [5, 5.41) is 2.43. The van der Waals surface area contributed by atoms with Gasteiger partial charge in [0.25, 0.3) is 0 Å². The third-order valence-electron chi connectivity index (χ3n) is 5.16. The first-order valence-electron chi connectivity index (χ1n) is 9.56. The van der Waals surface area contributed by atoms with Crippen LogP contribution in [-0.4, -0.2) is 31.6 Å². The molecule has 1 atom stereocenters. The molecule has 1 unspecified atom stereocenters. The Morgan fingerprint density at radius 2 is 1.84 bits per heavy atom. The molecule has 2 amide bonds. The molecule has 2 aromatic carbocycles. The fourth-order valence-electron chi connectivity index (χ4n) is 3.63. The molecule has 0 aliphatic carbocycles. The molecule has 1 saturated heterocycles. The summed E-state index contributed by atoms with van der Waals surface area (Å²) in [7, 11) is 0. The topological polar surface area (TPSA) is 67.9 Å². The number of carbonyl (C=O) groups excluding carboxylic acids is 2. The highest BCUT2D eigenvalue weighted by atomic mass is 19.4. The lowest BCUT2D eigenvalue weighted by molar-refractivity contribution is -0.138. The Morgan fingerprint density at radius 1 is 1.10 bits per heavy atom. The van der Waals surface area contributed by atoms with Gasteiger partial charge >= 0.3 is 6.18 Å². The molecule has 0 saturated carbocycles. The second kappa shape index (κ2) is 8.09. The molecular formula is C21H18F4N2O4. The van der Waals surface area contributed by atoms with Crippen molar-refractivity contribution < 1.29 is 36.6 Å². The number of ether oxygens (including phenoxy) is 2. The van der Waals surface area contributed by atoms with Crippen LogP contribution < -0.4 is 19.7 Å². The SMILES string of the molecule is O=C(NCc1ccc(F)cc1C(F)(F)F)C1CC(=O)N(c2ccc3c(c2)OCCO3)C1. The van der Waals surface area contributed by atoms with E-state index in [2.05, 4.69) is 5.32 Å². The van der Waals surface area contributed by atoms with Gasteiger partial charge in [0.15, 0.2) is 11.5 Å². The number of nitrogens with zero attached hydrogens (tertiary/aromatic N) is 1. The van der Waals surface area contributed by atoms with Gasteiger partial charge in [-0.2, -0.15) is 13.2 Å². The zero-order valence-corrected chi connectivity index (χ0v) is 16.2. The van der Waals surface area contributed by atoms with Gasteiger partial charge < -0.3 is 19.7 Å². The molecule has 0 bridgehead atoms. The average molecular weight is 438 g/mol. The Labute approximate surface area is 174 Å². The number of benzene rings is 2. The van der Waals surface area contributed by atoms with Crippen LogP contribution in [0, 0.1) is 11.7 Å². The van der Waals surface area contributed by atoms with Crippen LogP contribution in [0.15, 0.2) is 36.4 Å². The molecule has 0 spiro atoms. The van der Waals surface area contributed by atoms with Crippen LogP contribution in [0.4, 0.5) is 23.2 Å². The Morgan fingerprint density at radius 3 is 2.58 bits per heavy atom. The Hall–Kier alpha value is -3.30. The Bertz CT molecular complexity index is 1020. The fraction of sp³-hybridized carbons (Fsp3) is 0.333. The van der Waals surface area contributed by atoms with Crippen molar-refractivity contribution in [3.8, 4) is 11.5 Å². The summed E-state index contributed by atoms with van der Waals surface area (Å²) in [6, 6.07) is 7.29. The zero-order chi connectivity index (χ0) is 22.2. The van der Waals surface area contributed by atoms with E-state index in [9.17, 15) is 27.2 Å². The highest BCUT2D eigenvalue weighted by molar-refractivity contribution is 6.00. The summed E-state index contributed by atoms with van der Waals surface area (Å²) in [6.45, 7) is 0.475. The van der Waals surface area contributed by atoms with Crippen LogP contribution in [0.2, 0.25) is 0 Å². The standard InChI is InChI=1S/C21H18F4N2O4/c22-14-2-1-12(16(8-14)21(23,24)25)10-26-20(29)13-7-19(28)27(11-13)15-3-4-17-18(9-15)31-6-5-30-17/h1-4,8-9,13H,5-7,10-11H2,(H,26,29). The number of rotatable bonds is 4. The second-order valence-corrected chi connectivity index (χ2v) is 7.25. The molecule has 2 aliphatic heterocycles. The third kappa shape index (κ3) is 4.42. The number of amides is 2. The number of halogens is 4. The normalized spacial score (nSPS) is 18.3. The molecule has 164 valence electrons. The maximum absolute atomic E-state index is 13.2. The maximum Gasteiger partial charge on any atom is 0.416 e. The summed E-state index contributed by atoms with van der Waals surface area (Å²) in [5.41, 5.74) is -0.856. The largest absolute Gasteiger partial charge is 0.486 e. The van der Waals surface area contributed by atoms with Gasteiger partial charge in [-0.25, -0.2) is 4.39 Å². The lowest BCUT2D eigenvalue weighted by Gasteiger charge is -2.22. The summed E-state index contributed by atoms with van der Waals surface area (Å²) in [5.74, 6) is -1.51. The molecule has 2 aromatic rings. The number of hydrogen-bond donors (Lipinski definition) is 1. The van der Waals surface area contributed by atoms with Crippen molar-refractivity contribution in [2.45, 2.75) is 19.1 Å². The van der Waals surface area contributed by atoms with E-state index in [4.69, 9.17) is 9.47 Å². The van der Waals surface area contributed by atoms with Crippen molar-refractivity contribution in [1.29, 1.82) is 0 Å². The molecule has 1 fully saturated rings. The lowest BCUT2D eigenvalue weighted by atomic mass is 10.1. The highest BCUT2D eigenvalue weighted by Gasteiger charge is 2.37. The van der Waals surface area contributed by atoms with E-state index >= 15 is 0 Å². The molecule has 1 N–H and O–H groups in total. The van der Waals surface area contributed by atoms with Crippen molar-refractivity contribution >= 4 is 17.5 Å². The minimum Gasteiger partial charge on any atom is -0.486 e. The van der Waals surface area contributed by atoms with E-state index in [0.29, 0.717) is 36.5 Å². The minimum atomic E-state index is -4.75. The fourth-order valence-corrected chi connectivity index (χ4v) is 3.63. The number of hydrogen-bond acceptors (Lipinski definition) is 4. The highest BCUT2D eigenvalue weighted by Crippen LogP contribution is 2.36. The number of anilines is 1. The van der Waals surface area contributed by atoms with Crippen molar-refractivity contribution in [1.82, 2.24) is 5.32 Å². The molecule has 0 radical (unpaired) electrons. The third-order valence-corrected chi connectivity index (χ3v) is 5.16. The number of nitrogens with one attached hydrogen (secondary N) is 1. The summed E-state index contributed by atoms with van der Waals surface area (Å²) >= 11 is 0. The van der Waals surface area contributed by atoms with E-state index in [0.717, 1.165) is 12.1 Å². The Balaban J connectivity index is 1.43. The zero-order valence-electron chi connectivity index (χ0n) is 16.2. The van der Waals surface area contributed by atoms with E-state index < -0.39 is 35.9 Å². The first kappa shape index (κ1) is 21.0. The van der Waals surface area contributed by atoms with Crippen LogP contribution in [0.1, 0.15) is 17.5 Å². The van der Waals surface area contributed by atoms with Crippen LogP contribution in [0.5, 0.6) is 11.5 Å². The average Bonchev–Trinajstić information content (AvgIpc) is 3.13. The second-order valence-electron chi connectivity index (χ2n) is 7.25. The number of carbonyl (C=O) groups is 2. The van der Waals surface area contributed by atoms with E-state index in [1.165, 1.54) is 4.90 Å². The van der Waals surface area contributed by atoms with Crippen LogP contribution in [0.25, 0.3) is 0 Å². The lowest BCUT2D eigenvalue weighted by Crippen LogP contribution is -2.33. The predicted molar refractivity (Wildman–Crippen MR) is 101 cm³/mol. The summed E-state index contributed by atoms with van der Waals surface area (Å²) in [6.07, 6.45) is -4.82. The van der Waals surface area contributed by atoms with E-state index in [1.807, 2.05) is 0 Å². The van der Waals surface area contributed by atoms with Crippen LogP contribution in [-0.2, 0) is 22.3 Å². The molecule has 0 aromatic heterocycles. The van der Waals surface area contributed by atoms with Gasteiger partial charge in [-0.1, -0.05) is 6.07 Å². The molecule has 31 heavy (non-hydrogen) atoms. The van der Waals surface area contributed by atoms with Crippen molar-refractivity contribution in [2.75, 3.05) is 24.7 Å². The smallest absolute Gasteiger partial charge is 0.416 e. The van der Waals surface area contributed by atoms with E-state index in [1.54, 1.807) is 18.2 Å². The van der Waals surface area contributed by atoms with Crippen LogP contribution >= 0.6 is 0 Å². The van der Waals surface area contributed by atoms with Gasteiger partial charge in [-0.3, -0.25) is 9.59 Å². The Kier molecular flexibility index (Phi) is 5.47. The molecule has 10 heteroatoms. The van der Waals surface area contributed by atoms with Crippen molar-refractivity contribution in [3.05, 3.63) is 53.3 Å². The van der Waals surface area contributed by atoms with Gasteiger partial charge in [0.05, 0.1) is 11.5 Å². The van der Waals surface area contributed by atoms with Crippen LogP contribution in [0.3, 0.4) is 0 Å². The van der Waals surface area contributed by atoms with Gasteiger partial charge in [-0.15, -0.1) is 0 Å². The predicted octanol–water partition coefficient (Wildman–Crippen LogP) is 3.29. The summed E-state index contributed by atoms with van der Waals surface area (Å²) in [4.78, 5) is 26.4. The van der Waals surface area contributed by atoms with Gasteiger partial charge in [0, 0.05) is 31.3 Å². The van der Waals surface area contributed by atoms with Crippen molar-refractivity contribution in [2.24, 2.45) is 5.92 Å². The van der Waals surface area contributed by atoms with Gasteiger partial charge in [-0.05, 0) is 29.8 Å². The minimum absolute atomic E-state index is 0.0736.